The lowest BCUT2D eigenvalue weighted by molar-refractivity contribution is -0.274. The molecule has 8 heteroatoms. The van der Waals surface area contributed by atoms with Crippen molar-refractivity contribution in [1.29, 1.82) is 0 Å². The first-order valence-electron chi connectivity index (χ1n) is 9.18. The van der Waals surface area contributed by atoms with Gasteiger partial charge in [-0.25, -0.2) is 0 Å². The summed E-state index contributed by atoms with van der Waals surface area (Å²) in [6, 6.07) is 16.6. The van der Waals surface area contributed by atoms with Crippen LogP contribution in [-0.4, -0.2) is 28.8 Å². The molecule has 0 saturated heterocycles. The number of esters is 1. The number of fused-ring (bicyclic) bond motifs is 1. The number of rotatable bonds is 4. The van der Waals surface area contributed by atoms with Gasteiger partial charge in [0.25, 0.3) is 0 Å². The molecule has 1 aliphatic heterocycles. The Bertz CT molecular complexity index is 1040. The van der Waals surface area contributed by atoms with Crippen molar-refractivity contribution in [1.82, 2.24) is 9.88 Å². The molecule has 0 radical (unpaired) electrons. The summed E-state index contributed by atoms with van der Waals surface area (Å²) in [6.45, 7) is 1.09. The molecule has 0 spiro atoms. The first-order valence-corrected chi connectivity index (χ1v) is 9.18. The number of ether oxygens (including phenoxy) is 2. The average molecular weight is 414 g/mol. The molecule has 0 atom stereocenters. The zero-order valence-corrected chi connectivity index (χ0v) is 15.7. The maximum Gasteiger partial charge on any atom is 0.573 e. The first-order chi connectivity index (χ1) is 14.4. The minimum Gasteiger partial charge on any atom is -0.425 e. The van der Waals surface area contributed by atoms with Gasteiger partial charge in [-0.3, -0.25) is 14.7 Å². The van der Waals surface area contributed by atoms with Crippen molar-refractivity contribution in [2.45, 2.75) is 19.5 Å². The summed E-state index contributed by atoms with van der Waals surface area (Å²) in [5.74, 6) is -0.160. The van der Waals surface area contributed by atoms with Crippen LogP contribution in [0.25, 0.3) is 11.1 Å². The summed E-state index contributed by atoms with van der Waals surface area (Å²) >= 11 is 0. The Kier molecular flexibility index (Phi) is 5.41. The lowest BCUT2D eigenvalue weighted by Gasteiger charge is -2.18. The predicted octanol–water partition coefficient (Wildman–Crippen LogP) is 4.57. The van der Waals surface area contributed by atoms with E-state index >= 15 is 0 Å². The van der Waals surface area contributed by atoms with Gasteiger partial charge < -0.3 is 9.47 Å². The SMILES string of the molecule is O=C1CN(Cc2ccccn2)Cc2cc(-c3ccc(OC(F)(F)F)cc3)ccc2O1. The monoisotopic (exact) mass is 414 g/mol. The number of carbonyl (C=O) groups excluding carboxylic acids is 1. The third kappa shape index (κ3) is 4.96. The fourth-order valence-electron chi connectivity index (χ4n) is 3.30. The number of nitrogens with zero attached hydrogens (tertiary/aromatic N) is 2. The van der Waals surface area contributed by atoms with E-state index in [0.717, 1.165) is 22.4 Å². The fraction of sp³-hybridized carbons (Fsp3) is 0.182. The van der Waals surface area contributed by atoms with E-state index in [-0.39, 0.29) is 18.3 Å². The Balaban J connectivity index is 1.57. The highest BCUT2D eigenvalue weighted by atomic mass is 19.4. The smallest absolute Gasteiger partial charge is 0.425 e. The van der Waals surface area contributed by atoms with Crippen LogP contribution in [0.3, 0.4) is 0 Å². The van der Waals surface area contributed by atoms with Gasteiger partial charge in [-0.15, -0.1) is 13.2 Å². The van der Waals surface area contributed by atoms with Gasteiger partial charge in [0.2, 0.25) is 0 Å². The molecule has 0 fully saturated rings. The number of aromatic nitrogens is 1. The van der Waals surface area contributed by atoms with Crippen LogP contribution in [0.15, 0.2) is 66.9 Å². The third-order valence-electron chi connectivity index (χ3n) is 4.56. The molecule has 154 valence electrons. The van der Waals surface area contributed by atoms with Crippen LogP contribution in [0.4, 0.5) is 13.2 Å². The lowest BCUT2D eigenvalue weighted by atomic mass is 10.0. The van der Waals surface area contributed by atoms with Gasteiger partial charge in [0.1, 0.15) is 11.5 Å². The molecule has 1 aromatic heterocycles. The van der Waals surface area contributed by atoms with E-state index in [1.54, 1.807) is 30.5 Å². The van der Waals surface area contributed by atoms with Gasteiger partial charge >= 0.3 is 12.3 Å². The molecule has 5 nitrogen and oxygen atoms in total. The van der Waals surface area contributed by atoms with E-state index < -0.39 is 6.36 Å². The summed E-state index contributed by atoms with van der Waals surface area (Å²) in [6.07, 6.45) is -3.03. The van der Waals surface area contributed by atoms with Crippen LogP contribution >= 0.6 is 0 Å². The van der Waals surface area contributed by atoms with Gasteiger partial charge in [-0.05, 0) is 47.5 Å². The van der Waals surface area contributed by atoms with Crippen molar-refractivity contribution < 1.29 is 27.4 Å². The molecular formula is C22H17F3N2O3. The number of pyridine rings is 1. The summed E-state index contributed by atoms with van der Waals surface area (Å²) in [5.41, 5.74) is 3.16. The second-order valence-electron chi connectivity index (χ2n) is 6.83. The summed E-state index contributed by atoms with van der Waals surface area (Å²) in [4.78, 5) is 18.4. The van der Waals surface area contributed by atoms with Gasteiger partial charge in [0, 0.05) is 24.8 Å². The molecule has 4 rings (SSSR count). The van der Waals surface area contributed by atoms with Crippen molar-refractivity contribution >= 4 is 5.97 Å². The van der Waals surface area contributed by atoms with Gasteiger partial charge in [-0.1, -0.05) is 24.3 Å². The number of halogens is 3. The maximum atomic E-state index is 12.3. The predicted molar refractivity (Wildman–Crippen MR) is 103 cm³/mol. The summed E-state index contributed by atoms with van der Waals surface area (Å²) < 4.78 is 46.4. The molecular weight excluding hydrogens is 397 g/mol. The number of carbonyl (C=O) groups is 1. The zero-order valence-electron chi connectivity index (χ0n) is 15.7. The average Bonchev–Trinajstić information content (AvgIpc) is 2.85. The van der Waals surface area contributed by atoms with Crippen LogP contribution in [-0.2, 0) is 17.9 Å². The van der Waals surface area contributed by atoms with Gasteiger partial charge in [0.05, 0.1) is 12.2 Å². The molecule has 0 bridgehead atoms. The summed E-state index contributed by atoms with van der Waals surface area (Å²) in [5, 5.41) is 0. The lowest BCUT2D eigenvalue weighted by Crippen LogP contribution is -2.29. The standard InChI is InChI=1S/C22H17F3N2O3/c23-22(24,25)30-19-7-4-15(5-8-19)16-6-9-20-17(11-16)12-27(14-21(28)29-20)13-18-3-1-2-10-26-18/h1-11H,12-14H2. The normalized spacial score (nSPS) is 14.6. The van der Waals surface area contributed by atoms with E-state index in [9.17, 15) is 18.0 Å². The Morgan fingerprint density at radius 2 is 1.77 bits per heavy atom. The minimum atomic E-state index is -4.73. The van der Waals surface area contributed by atoms with Crippen molar-refractivity contribution in [3.8, 4) is 22.6 Å². The Hall–Kier alpha value is -3.39. The van der Waals surface area contributed by atoms with Crippen molar-refractivity contribution in [3.05, 3.63) is 78.1 Å². The number of benzene rings is 2. The largest absolute Gasteiger partial charge is 0.573 e. The Morgan fingerprint density at radius 1 is 1.00 bits per heavy atom. The Morgan fingerprint density at radius 3 is 2.47 bits per heavy atom. The molecule has 2 aromatic carbocycles. The molecule has 1 aliphatic rings. The highest BCUT2D eigenvalue weighted by molar-refractivity contribution is 5.76. The van der Waals surface area contributed by atoms with E-state index in [1.807, 2.05) is 29.2 Å². The second kappa shape index (κ2) is 8.16. The molecule has 30 heavy (non-hydrogen) atoms. The van der Waals surface area contributed by atoms with Gasteiger partial charge in [0.15, 0.2) is 0 Å². The van der Waals surface area contributed by atoms with E-state index in [2.05, 4.69) is 9.72 Å². The van der Waals surface area contributed by atoms with E-state index in [4.69, 9.17) is 4.74 Å². The first kappa shape index (κ1) is 19.9. The topological polar surface area (TPSA) is 51.7 Å². The molecule has 0 unspecified atom stereocenters. The highest BCUT2D eigenvalue weighted by Gasteiger charge is 2.31. The third-order valence-corrected chi connectivity index (χ3v) is 4.56. The molecule has 0 amide bonds. The second-order valence-corrected chi connectivity index (χ2v) is 6.83. The number of alkyl halides is 3. The molecule has 0 saturated carbocycles. The van der Waals surface area contributed by atoms with E-state index in [1.165, 1.54) is 12.1 Å². The molecule has 0 aliphatic carbocycles. The quantitative estimate of drug-likeness (QED) is 0.463. The zero-order chi connectivity index (χ0) is 21.1. The molecule has 0 N–H and O–H groups in total. The van der Waals surface area contributed by atoms with Gasteiger partial charge in [-0.2, -0.15) is 0 Å². The van der Waals surface area contributed by atoms with Crippen LogP contribution in [0, 0.1) is 0 Å². The minimum absolute atomic E-state index is 0.129. The van der Waals surface area contributed by atoms with Crippen LogP contribution in [0.5, 0.6) is 11.5 Å². The number of hydrogen-bond acceptors (Lipinski definition) is 5. The van der Waals surface area contributed by atoms with E-state index in [0.29, 0.717) is 18.8 Å². The van der Waals surface area contributed by atoms with Crippen molar-refractivity contribution in [2.75, 3.05) is 6.54 Å². The maximum absolute atomic E-state index is 12.3. The van der Waals surface area contributed by atoms with Crippen molar-refractivity contribution in [2.24, 2.45) is 0 Å². The highest BCUT2D eigenvalue weighted by Crippen LogP contribution is 2.31. The molecule has 2 heterocycles. The molecule has 3 aromatic rings. The van der Waals surface area contributed by atoms with Crippen LogP contribution in [0.1, 0.15) is 11.3 Å². The summed E-state index contributed by atoms with van der Waals surface area (Å²) in [7, 11) is 0. The Labute approximate surface area is 170 Å². The number of hydrogen-bond donors (Lipinski definition) is 0. The van der Waals surface area contributed by atoms with Crippen molar-refractivity contribution in [3.63, 3.8) is 0 Å². The fourth-order valence-corrected chi connectivity index (χ4v) is 3.30. The van der Waals surface area contributed by atoms with Crippen LogP contribution in [0.2, 0.25) is 0 Å². The van der Waals surface area contributed by atoms with Crippen LogP contribution < -0.4 is 9.47 Å².